The van der Waals surface area contributed by atoms with E-state index in [0.29, 0.717) is 32.5 Å². The monoisotopic (exact) mass is 576 g/mol. The van der Waals surface area contributed by atoms with Gasteiger partial charge in [-0.2, -0.15) is 0 Å². The van der Waals surface area contributed by atoms with Crippen LogP contribution in [0, 0.1) is 0 Å². The molecule has 3 rings (SSSR count). The van der Waals surface area contributed by atoms with Crippen LogP contribution in [-0.2, 0) is 0 Å². The van der Waals surface area contributed by atoms with Gasteiger partial charge in [0.25, 0.3) is 5.24 Å². The number of benzene rings is 3. The van der Waals surface area contributed by atoms with Crippen LogP contribution in [0.25, 0.3) is 0 Å². The zero-order valence-electron chi connectivity index (χ0n) is 14.9. The average molecular weight is 579 g/mol. The van der Waals surface area contributed by atoms with E-state index in [1.807, 2.05) is 0 Å². The number of carbonyl (C=O) groups excluding carboxylic acids is 2. The Balaban J connectivity index is 0.000000234. The topological polar surface area (TPSA) is 43.4 Å². The molecule has 0 N–H and O–H groups in total. The van der Waals surface area contributed by atoms with E-state index in [1.165, 1.54) is 0 Å². The summed E-state index contributed by atoms with van der Waals surface area (Å²) in [7, 11) is 1.59. The predicted octanol–water partition coefficient (Wildman–Crippen LogP) is 7.82. The lowest BCUT2D eigenvalue weighted by Crippen LogP contribution is -2.02. The molecule has 0 heterocycles. The van der Waals surface area contributed by atoms with Gasteiger partial charge in [0.05, 0.1) is 22.7 Å². The summed E-state index contributed by atoms with van der Waals surface area (Å²) in [6.07, 6.45) is 0. The summed E-state index contributed by atoms with van der Waals surface area (Å²) in [6, 6.07) is 17.1. The maximum absolute atomic E-state index is 12.3. The van der Waals surface area contributed by atoms with Crippen molar-refractivity contribution >= 4 is 77.7 Å². The van der Waals surface area contributed by atoms with Crippen molar-refractivity contribution in [1.29, 1.82) is 0 Å². The second-order valence-electron chi connectivity index (χ2n) is 5.58. The highest BCUT2D eigenvalue weighted by molar-refractivity contribution is 9.10. The molecule has 0 radical (unpaired) electrons. The molecular formula is C21H13Br2Cl3O3. The summed E-state index contributed by atoms with van der Waals surface area (Å²) in [5.74, 6) is 0.607. The normalized spacial score (nSPS) is 10.0. The number of ketones is 1. The van der Waals surface area contributed by atoms with Crippen molar-refractivity contribution in [3.05, 3.63) is 96.3 Å². The molecule has 0 amide bonds. The molecule has 0 saturated carbocycles. The number of carbonyl (C=O) groups is 2. The third-order valence-electron chi connectivity index (χ3n) is 3.67. The highest BCUT2D eigenvalue weighted by atomic mass is 79.9. The number of hydrogen-bond acceptors (Lipinski definition) is 3. The van der Waals surface area contributed by atoms with E-state index in [2.05, 4.69) is 31.9 Å². The number of methoxy groups -OCH3 is 1. The maximum Gasteiger partial charge on any atom is 0.253 e. The molecule has 0 fully saturated rings. The molecule has 3 aromatic carbocycles. The molecule has 0 saturated heterocycles. The fourth-order valence-corrected chi connectivity index (χ4v) is 3.55. The van der Waals surface area contributed by atoms with Gasteiger partial charge in [-0.3, -0.25) is 9.59 Å². The van der Waals surface area contributed by atoms with Crippen LogP contribution in [0.15, 0.2) is 69.6 Å². The summed E-state index contributed by atoms with van der Waals surface area (Å²) >= 11 is 23.5. The summed E-state index contributed by atoms with van der Waals surface area (Å²) in [4.78, 5) is 23.0. The molecule has 3 aromatic rings. The Morgan fingerprint density at radius 2 is 1.28 bits per heavy atom. The lowest BCUT2D eigenvalue weighted by atomic mass is 10.0. The fraction of sp³-hybridized carbons (Fsp3) is 0.0476. The van der Waals surface area contributed by atoms with Gasteiger partial charge in [0, 0.05) is 20.1 Å². The Kier molecular flexibility index (Phi) is 9.18. The van der Waals surface area contributed by atoms with Gasteiger partial charge in [-0.05, 0) is 72.3 Å². The summed E-state index contributed by atoms with van der Waals surface area (Å²) < 4.78 is 6.66. The SMILES string of the molecule is COc1ccc(C(=O)c2cc(Br)ccc2Cl)cc1.O=C(Cl)c1cc(Br)ccc1Cl. The number of hydrogen-bond donors (Lipinski definition) is 0. The second kappa shape index (κ2) is 11.1. The summed E-state index contributed by atoms with van der Waals surface area (Å²) in [6.45, 7) is 0. The molecule has 150 valence electrons. The third kappa shape index (κ3) is 6.83. The van der Waals surface area contributed by atoms with Gasteiger partial charge in [-0.1, -0.05) is 55.1 Å². The molecule has 0 aliphatic heterocycles. The standard InChI is InChI=1S/C14H10BrClO2.C7H3BrCl2O/c1-18-11-5-2-9(3-6-11)14(17)12-8-10(15)4-7-13(12)16;8-4-1-2-6(9)5(3-4)7(10)11/h2-8H,1H3;1-3H. The molecule has 0 aliphatic rings. The summed E-state index contributed by atoms with van der Waals surface area (Å²) in [5, 5.41) is 0.267. The number of ether oxygens (including phenoxy) is 1. The molecule has 0 unspecified atom stereocenters. The van der Waals surface area contributed by atoms with E-state index >= 15 is 0 Å². The molecule has 0 atom stereocenters. The van der Waals surface area contributed by atoms with E-state index < -0.39 is 5.24 Å². The van der Waals surface area contributed by atoms with Gasteiger partial charge in [-0.25, -0.2) is 0 Å². The van der Waals surface area contributed by atoms with Crippen molar-refractivity contribution in [2.24, 2.45) is 0 Å². The van der Waals surface area contributed by atoms with E-state index in [1.54, 1.807) is 67.8 Å². The zero-order chi connectivity index (χ0) is 21.6. The largest absolute Gasteiger partial charge is 0.497 e. The van der Waals surface area contributed by atoms with Crippen LogP contribution in [0.5, 0.6) is 5.75 Å². The third-order valence-corrected chi connectivity index (χ3v) is 5.51. The van der Waals surface area contributed by atoms with Crippen LogP contribution in [0.1, 0.15) is 26.3 Å². The Labute approximate surface area is 200 Å². The molecule has 8 heteroatoms. The van der Waals surface area contributed by atoms with Gasteiger partial charge in [0.15, 0.2) is 5.78 Å². The average Bonchev–Trinajstić information content (AvgIpc) is 2.71. The number of halogens is 5. The minimum Gasteiger partial charge on any atom is -0.497 e. The molecule has 0 aliphatic carbocycles. The Morgan fingerprint density at radius 3 is 1.72 bits per heavy atom. The van der Waals surface area contributed by atoms with E-state index in [0.717, 1.165) is 8.95 Å². The van der Waals surface area contributed by atoms with Crippen LogP contribution in [0.3, 0.4) is 0 Å². The van der Waals surface area contributed by atoms with E-state index in [4.69, 9.17) is 39.5 Å². The van der Waals surface area contributed by atoms with Gasteiger partial charge in [0.1, 0.15) is 5.75 Å². The Morgan fingerprint density at radius 1 is 0.793 bits per heavy atom. The van der Waals surface area contributed by atoms with Gasteiger partial charge < -0.3 is 4.74 Å². The van der Waals surface area contributed by atoms with Crippen LogP contribution in [0.2, 0.25) is 10.0 Å². The first kappa shape index (κ1) is 23.9. The lowest BCUT2D eigenvalue weighted by Gasteiger charge is -2.05. The molecule has 29 heavy (non-hydrogen) atoms. The van der Waals surface area contributed by atoms with Crippen LogP contribution in [-0.4, -0.2) is 18.1 Å². The van der Waals surface area contributed by atoms with Crippen LogP contribution >= 0.6 is 66.7 Å². The van der Waals surface area contributed by atoms with Crippen molar-refractivity contribution in [2.45, 2.75) is 0 Å². The highest BCUT2D eigenvalue weighted by Gasteiger charge is 2.13. The smallest absolute Gasteiger partial charge is 0.253 e. The lowest BCUT2D eigenvalue weighted by molar-refractivity contribution is 0.103. The first-order chi connectivity index (χ1) is 13.7. The fourth-order valence-electron chi connectivity index (χ4n) is 2.22. The maximum atomic E-state index is 12.3. The van der Waals surface area contributed by atoms with Crippen molar-refractivity contribution in [3.63, 3.8) is 0 Å². The minimum absolute atomic E-state index is 0.107. The molecule has 0 spiro atoms. The minimum atomic E-state index is -0.545. The highest BCUT2D eigenvalue weighted by Crippen LogP contribution is 2.24. The predicted molar refractivity (Wildman–Crippen MR) is 125 cm³/mol. The summed E-state index contributed by atoms with van der Waals surface area (Å²) in [5.41, 5.74) is 1.38. The van der Waals surface area contributed by atoms with Gasteiger partial charge in [-0.15, -0.1) is 0 Å². The van der Waals surface area contributed by atoms with Crippen LogP contribution in [0.4, 0.5) is 0 Å². The van der Waals surface area contributed by atoms with Gasteiger partial charge in [0.2, 0.25) is 0 Å². The number of rotatable bonds is 4. The zero-order valence-corrected chi connectivity index (χ0v) is 20.3. The van der Waals surface area contributed by atoms with Crippen molar-refractivity contribution in [3.8, 4) is 5.75 Å². The Hall–Kier alpha value is -1.37. The first-order valence-electron chi connectivity index (χ1n) is 8.01. The second-order valence-corrected chi connectivity index (χ2v) is 8.57. The molecule has 0 bridgehead atoms. The molecule has 3 nitrogen and oxygen atoms in total. The molecule has 0 aromatic heterocycles. The van der Waals surface area contributed by atoms with Crippen molar-refractivity contribution < 1.29 is 14.3 Å². The quantitative estimate of drug-likeness (QED) is 0.234. The van der Waals surface area contributed by atoms with E-state index in [9.17, 15) is 9.59 Å². The first-order valence-corrected chi connectivity index (χ1v) is 10.7. The van der Waals surface area contributed by atoms with Crippen molar-refractivity contribution in [1.82, 2.24) is 0 Å². The van der Waals surface area contributed by atoms with Gasteiger partial charge >= 0.3 is 0 Å². The van der Waals surface area contributed by atoms with Crippen molar-refractivity contribution in [2.75, 3.05) is 7.11 Å². The molecular weight excluding hydrogens is 566 g/mol. The van der Waals surface area contributed by atoms with Crippen LogP contribution < -0.4 is 4.74 Å². The van der Waals surface area contributed by atoms with E-state index in [-0.39, 0.29) is 5.78 Å². The Bertz CT molecular complexity index is 1040.